The van der Waals surface area contributed by atoms with Crippen LogP contribution >= 0.6 is 0 Å². The van der Waals surface area contributed by atoms with E-state index in [9.17, 15) is 0 Å². The summed E-state index contributed by atoms with van der Waals surface area (Å²) < 4.78 is 5.88. The Balaban J connectivity index is 1.35. The second kappa shape index (κ2) is 7.14. The highest BCUT2D eigenvalue weighted by molar-refractivity contribution is 5.13. The van der Waals surface area contributed by atoms with Gasteiger partial charge in [0.2, 0.25) is 0 Å². The molecule has 1 saturated carbocycles. The van der Waals surface area contributed by atoms with Crippen LogP contribution < -0.4 is 0 Å². The number of hydrogen-bond acceptors (Lipinski definition) is 2. The molecule has 0 N–H and O–H groups in total. The van der Waals surface area contributed by atoms with Crippen LogP contribution in [0, 0.1) is 17.3 Å². The largest absolute Gasteiger partial charge is 0.377 e. The van der Waals surface area contributed by atoms with Crippen molar-refractivity contribution in [2.24, 2.45) is 17.3 Å². The fourth-order valence-corrected chi connectivity index (χ4v) is 4.19. The highest BCUT2D eigenvalue weighted by Gasteiger charge is 2.47. The molecule has 1 aliphatic carbocycles. The quantitative estimate of drug-likeness (QED) is 0.694. The molecule has 22 heavy (non-hydrogen) atoms. The van der Waals surface area contributed by atoms with Gasteiger partial charge >= 0.3 is 0 Å². The molecule has 0 aromatic heterocycles. The molecule has 1 aromatic rings. The molecule has 3 rings (SSSR count). The third kappa shape index (κ3) is 3.72. The Morgan fingerprint density at radius 2 is 1.82 bits per heavy atom. The van der Waals surface area contributed by atoms with Crippen LogP contribution in [-0.2, 0) is 11.3 Å². The molecule has 1 aliphatic heterocycles. The molecule has 1 aromatic carbocycles. The Morgan fingerprint density at radius 1 is 1.09 bits per heavy atom. The Morgan fingerprint density at radius 3 is 2.50 bits per heavy atom. The van der Waals surface area contributed by atoms with E-state index < -0.39 is 0 Å². The first kappa shape index (κ1) is 16.0. The number of nitrogens with zero attached hydrogens (tertiary/aromatic N) is 1. The predicted octanol–water partition coefficient (Wildman–Crippen LogP) is 4.35. The normalized spacial score (nSPS) is 27.7. The van der Waals surface area contributed by atoms with Crippen molar-refractivity contribution in [2.45, 2.75) is 46.1 Å². The number of rotatable bonds is 7. The van der Waals surface area contributed by atoms with Crippen molar-refractivity contribution in [3.63, 3.8) is 0 Å². The van der Waals surface area contributed by atoms with Gasteiger partial charge in [-0.3, -0.25) is 0 Å². The van der Waals surface area contributed by atoms with E-state index in [1.807, 2.05) is 0 Å². The highest BCUT2D eigenvalue weighted by Crippen LogP contribution is 2.53. The molecule has 0 spiro atoms. The summed E-state index contributed by atoms with van der Waals surface area (Å²) in [6, 6.07) is 10.5. The summed E-state index contributed by atoms with van der Waals surface area (Å²) in [4.78, 5) is 2.68. The first-order valence-electron chi connectivity index (χ1n) is 9.00. The molecule has 122 valence electrons. The summed E-state index contributed by atoms with van der Waals surface area (Å²) in [5, 5.41) is 0. The average molecular weight is 301 g/mol. The summed E-state index contributed by atoms with van der Waals surface area (Å²) in [5.41, 5.74) is 1.78. The highest BCUT2D eigenvalue weighted by atomic mass is 16.5. The lowest BCUT2D eigenvalue weighted by molar-refractivity contribution is -0.0548. The third-order valence-electron chi connectivity index (χ3n) is 6.07. The minimum atomic E-state index is 0.499. The van der Waals surface area contributed by atoms with Gasteiger partial charge in [0, 0.05) is 13.2 Å². The molecular formula is C20H31NO. The van der Waals surface area contributed by atoms with E-state index in [0.717, 1.165) is 25.0 Å². The molecule has 1 unspecified atom stereocenters. The summed E-state index contributed by atoms with van der Waals surface area (Å²) in [6.45, 7) is 10.6. The fraction of sp³-hybridized carbons (Fsp3) is 0.700. The molecule has 2 fully saturated rings. The van der Waals surface area contributed by atoms with Gasteiger partial charge in [0.1, 0.15) is 0 Å². The number of likely N-dealkylation sites (tertiary alicyclic amines) is 1. The van der Waals surface area contributed by atoms with Crippen molar-refractivity contribution in [3.8, 4) is 0 Å². The smallest absolute Gasteiger partial charge is 0.0716 e. The summed E-state index contributed by atoms with van der Waals surface area (Å²) in [5.74, 6) is 1.74. The second-order valence-corrected chi connectivity index (χ2v) is 7.79. The van der Waals surface area contributed by atoms with Gasteiger partial charge in [0.15, 0.2) is 0 Å². The van der Waals surface area contributed by atoms with Crippen LogP contribution in [0.1, 0.15) is 45.1 Å². The van der Waals surface area contributed by atoms with Gasteiger partial charge in [-0.05, 0) is 61.6 Å². The van der Waals surface area contributed by atoms with Crippen molar-refractivity contribution in [3.05, 3.63) is 35.9 Å². The summed E-state index contributed by atoms with van der Waals surface area (Å²) in [6.07, 6.45) is 5.43. The van der Waals surface area contributed by atoms with Crippen LogP contribution in [0.3, 0.4) is 0 Å². The Bertz CT molecular complexity index is 450. The van der Waals surface area contributed by atoms with Crippen molar-refractivity contribution < 1.29 is 4.74 Å². The molecule has 2 nitrogen and oxygen atoms in total. The van der Waals surface area contributed by atoms with Crippen molar-refractivity contribution in [1.82, 2.24) is 4.90 Å². The lowest BCUT2D eigenvalue weighted by atomic mass is 9.54. The van der Waals surface area contributed by atoms with Gasteiger partial charge in [-0.2, -0.15) is 0 Å². The number of benzene rings is 1. The van der Waals surface area contributed by atoms with E-state index in [0.29, 0.717) is 5.41 Å². The second-order valence-electron chi connectivity index (χ2n) is 7.79. The van der Waals surface area contributed by atoms with Gasteiger partial charge in [0.05, 0.1) is 6.61 Å². The number of ether oxygens (including phenoxy) is 1. The zero-order chi connectivity index (χ0) is 15.4. The van der Waals surface area contributed by atoms with Gasteiger partial charge in [-0.15, -0.1) is 0 Å². The van der Waals surface area contributed by atoms with Gasteiger partial charge in [-0.25, -0.2) is 0 Å². The molecule has 1 saturated heterocycles. The first-order chi connectivity index (χ1) is 10.7. The molecule has 2 heteroatoms. The summed E-state index contributed by atoms with van der Waals surface area (Å²) in [7, 11) is 0. The number of hydrogen-bond donors (Lipinski definition) is 0. The average Bonchev–Trinajstić information content (AvgIpc) is 3.03. The minimum Gasteiger partial charge on any atom is -0.377 e. The molecule has 2 aliphatic rings. The van der Waals surface area contributed by atoms with E-state index >= 15 is 0 Å². The molecular weight excluding hydrogens is 270 g/mol. The predicted molar refractivity (Wildman–Crippen MR) is 91.8 cm³/mol. The molecule has 0 radical (unpaired) electrons. The van der Waals surface area contributed by atoms with E-state index in [1.165, 1.54) is 50.9 Å². The van der Waals surface area contributed by atoms with Crippen molar-refractivity contribution in [1.29, 1.82) is 0 Å². The van der Waals surface area contributed by atoms with Crippen LogP contribution in [0.2, 0.25) is 0 Å². The topological polar surface area (TPSA) is 12.5 Å². The van der Waals surface area contributed by atoms with Crippen LogP contribution in [0.15, 0.2) is 30.3 Å². The monoisotopic (exact) mass is 301 g/mol. The van der Waals surface area contributed by atoms with Gasteiger partial charge < -0.3 is 9.64 Å². The zero-order valence-corrected chi connectivity index (χ0v) is 14.3. The Kier molecular flexibility index (Phi) is 5.20. The van der Waals surface area contributed by atoms with Crippen LogP contribution in [0.5, 0.6) is 0 Å². The lowest BCUT2D eigenvalue weighted by Gasteiger charge is -2.53. The zero-order valence-electron chi connectivity index (χ0n) is 14.3. The molecule has 1 heterocycles. The van der Waals surface area contributed by atoms with Crippen molar-refractivity contribution >= 4 is 0 Å². The molecule has 2 atom stereocenters. The Hall–Kier alpha value is -0.860. The van der Waals surface area contributed by atoms with E-state index in [2.05, 4.69) is 49.1 Å². The third-order valence-corrected chi connectivity index (χ3v) is 6.07. The Labute approximate surface area is 135 Å². The summed E-state index contributed by atoms with van der Waals surface area (Å²) >= 11 is 0. The van der Waals surface area contributed by atoms with E-state index in [4.69, 9.17) is 4.74 Å². The standard InChI is InChI=1S/C20H31NO/c1-20(2)18(14-19(20)15-21-11-6-7-12-21)10-13-22-16-17-8-4-3-5-9-17/h3-5,8-9,18-19H,6-7,10-16H2,1-2H3/t18-,19?/m0/s1. The lowest BCUT2D eigenvalue weighted by Crippen LogP contribution is -2.50. The fourth-order valence-electron chi connectivity index (χ4n) is 4.19. The molecule has 0 bridgehead atoms. The van der Waals surface area contributed by atoms with E-state index in [-0.39, 0.29) is 0 Å². The van der Waals surface area contributed by atoms with Gasteiger partial charge in [0.25, 0.3) is 0 Å². The van der Waals surface area contributed by atoms with E-state index in [1.54, 1.807) is 0 Å². The molecule has 0 amide bonds. The maximum Gasteiger partial charge on any atom is 0.0716 e. The van der Waals surface area contributed by atoms with Gasteiger partial charge in [-0.1, -0.05) is 44.2 Å². The van der Waals surface area contributed by atoms with Crippen LogP contribution in [0.4, 0.5) is 0 Å². The van der Waals surface area contributed by atoms with Crippen LogP contribution in [0.25, 0.3) is 0 Å². The van der Waals surface area contributed by atoms with Crippen molar-refractivity contribution in [2.75, 3.05) is 26.2 Å². The maximum atomic E-state index is 5.88. The first-order valence-corrected chi connectivity index (χ1v) is 9.00. The maximum absolute atomic E-state index is 5.88. The SMILES string of the molecule is CC1(C)C(CN2CCCC2)C[C@@H]1CCOCc1ccccc1. The van der Waals surface area contributed by atoms with Crippen LogP contribution in [-0.4, -0.2) is 31.1 Å². The minimum absolute atomic E-state index is 0.499.